The zero-order chi connectivity index (χ0) is 30.0. The number of hydrogen-bond donors (Lipinski definition) is 1. The number of amides is 1. The largest absolute Gasteiger partial charge is 0.493 e. The van der Waals surface area contributed by atoms with E-state index in [-0.39, 0.29) is 17.7 Å². The molecule has 2 aromatic rings. The molecule has 0 radical (unpaired) electrons. The predicted molar refractivity (Wildman–Crippen MR) is 171 cm³/mol. The van der Waals surface area contributed by atoms with Crippen LogP contribution in [-0.2, 0) is 17.6 Å². The minimum absolute atomic E-state index is 0.0672. The average Bonchev–Trinajstić information content (AvgIpc) is 3.20. The van der Waals surface area contributed by atoms with Gasteiger partial charge in [0.05, 0.1) is 40.2 Å². The number of nitrogens with zero attached hydrogens (tertiary/aromatic N) is 2. The summed E-state index contributed by atoms with van der Waals surface area (Å²) in [5.41, 5.74) is 10.7. The first-order chi connectivity index (χ1) is 20.3. The van der Waals surface area contributed by atoms with Crippen LogP contribution in [0.1, 0.15) is 60.5 Å². The quantitative estimate of drug-likeness (QED) is 0.406. The van der Waals surface area contributed by atoms with Crippen LogP contribution in [0, 0.1) is 11.8 Å². The summed E-state index contributed by atoms with van der Waals surface area (Å²) in [5.74, 6) is 3.71. The maximum absolute atomic E-state index is 11.7. The van der Waals surface area contributed by atoms with E-state index in [0.717, 1.165) is 79.1 Å². The summed E-state index contributed by atoms with van der Waals surface area (Å²) >= 11 is 7.36. The Bertz CT molecular complexity index is 1320. The minimum Gasteiger partial charge on any atom is -0.493 e. The van der Waals surface area contributed by atoms with Gasteiger partial charge in [-0.3, -0.25) is 9.69 Å². The van der Waals surface area contributed by atoms with Gasteiger partial charge in [0.1, 0.15) is 4.32 Å². The highest BCUT2D eigenvalue weighted by Crippen LogP contribution is 2.50. The Morgan fingerprint density at radius 3 is 2.07 bits per heavy atom. The van der Waals surface area contributed by atoms with Gasteiger partial charge in [-0.15, -0.1) is 0 Å². The van der Waals surface area contributed by atoms with Crippen molar-refractivity contribution in [2.24, 2.45) is 17.6 Å². The zero-order valence-corrected chi connectivity index (χ0v) is 26.9. The van der Waals surface area contributed by atoms with Crippen LogP contribution in [0.2, 0.25) is 0 Å². The lowest BCUT2D eigenvalue weighted by Crippen LogP contribution is -2.45. The van der Waals surface area contributed by atoms with E-state index in [1.54, 1.807) is 28.4 Å². The van der Waals surface area contributed by atoms with Crippen LogP contribution in [0.15, 0.2) is 24.3 Å². The minimum atomic E-state index is -0.355. The third-order valence-electron chi connectivity index (χ3n) is 9.39. The molecule has 0 bridgehead atoms. The molecule has 3 aliphatic rings. The van der Waals surface area contributed by atoms with E-state index >= 15 is 0 Å². The van der Waals surface area contributed by atoms with Crippen LogP contribution in [0.25, 0.3) is 0 Å². The van der Waals surface area contributed by atoms with Crippen LogP contribution in [-0.4, -0.2) is 73.9 Å². The lowest BCUT2D eigenvalue weighted by molar-refractivity contribution is -0.115. The van der Waals surface area contributed by atoms with Crippen molar-refractivity contribution < 1.29 is 23.7 Å². The first-order valence-electron chi connectivity index (χ1n) is 14.8. The number of fused-ring (bicyclic) bond motifs is 4. The first-order valence-corrected chi connectivity index (χ1v) is 16.2. The van der Waals surface area contributed by atoms with Crippen molar-refractivity contribution in [2.75, 3.05) is 53.8 Å². The fourth-order valence-electron chi connectivity index (χ4n) is 7.37. The lowest BCUT2D eigenvalue weighted by atomic mass is 9.75. The van der Waals surface area contributed by atoms with Crippen molar-refractivity contribution in [2.45, 2.75) is 51.1 Å². The number of primary amides is 1. The molecule has 10 heteroatoms. The molecule has 2 aromatic carbocycles. The fraction of sp³-hybridized carbons (Fsp3) is 0.562. The molecule has 0 saturated carbocycles. The van der Waals surface area contributed by atoms with Crippen LogP contribution in [0.3, 0.4) is 0 Å². The second-order valence-electron chi connectivity index (χ2n) is 11.4. The molecule has 228 valence electrons. The first kappa shape index (κ1) is 30.8. The Hall–Kier alpha value is -2.69. The van der Waals surface area contributed by atoms with Crippen molar-refractivity contribution in [3.05, 3.63) is 46.5 Å². The molecule has 1 saturated heterocycles. The Kier molecular flexibility index (Phi) is 9.74. The van der Waals surface area contributed by atoms with E-state index in [4.69, 9.17) is 36.9 Å². The number of hydrogen-bond acceptors (Lipinski definition) is 8. The van der Waals surface area contributed by atoms with Gasteiger partial charge in [-0.2, -0.15) is 0 Å². The van der Waals surface area contributed by atoms with Gasteiger partial charge in [0, 0.05) is 25.7 Å². The van der Waals surface area contributed by atoms with E-state index in [1.807, 2.05) is 0 Å². The molecule has 4 unspecified atom stereocenters. The molecular weight excluding hydrogens is 571 g/mol. The summed E-state index contributed by atoms with van der Waals surface area (Å²) in [7, 11) is 6.78. The lowest BCUT2D eigenvalue weighted by Gasteiger charge is -2.45. The number of rotatable bonds is 8. The Balaban J connectivity index is 1.54. The molecule has 0 aromatic heterocycles. The molecule has 3 aliphatic heterocycles. The van der Waals surface area contributed by atoms with Gasteiger partial charge in [0.2, 0.25) is 5.91 Å². The van der Waals surface area contributed by atoms with Gasteiger partial charge in [-0.25, -0.2) is 0 Å². The number of carbonyl (C=O) groups excluding carboxylic acids is 1. The standard InChI is InChI=1S/C32H43N3O5S2/c1-6-19-17-34-11-9-20-13-26(37-2)28(39-4)15-23(20)25(34)8-7-22(19)31-24-16-29(40-5)27(38-3)14-21(24)10-12-35(31)32(41)42-18-30(33)36/h13-16,19,22,25,31H,6-12,17-18H2,1-5H3,(H2,33,36). The zero-order valence-electron chi connectivity index (χ0n) is 25.3. The highest BCUT2D eigenvalue weighted by molar-refractivity contribution is 8.23. The van der Waals surface area contributed by atoms with Crippen molar-refractivity contribution in [3.8, 4) is 23.0 Å². The van der Waals surface area contributed by atoms with Gasteiger partial charge in [-0.1, -0.05) is 37.3 Å². The molecule has 2 N–H and O–H groups in total. The molecule has 0 spiro atoms. The second-order valence-corrected chi connectivity index (χ2v) is 13.0. The Labute approximate surface area is 259 Å². The van der Waals surface area contributed by atoms with Gasteiger partial charge >= 0.3 is 0 Å². The Morgan fingerprint density at radius 1 is 0.905 bits per heavy atom. The van der Waals surface area contributed by atoms with Crippen molar-refractivity contribution in [1.82, 2.24) is 9.80 Å². The van der Waals surface area contributed by atoms with E-state index in [9.17, 15) is 4.79 Å². The van der Waals surface area contributed by atoms with Crippen LogP contribution in [0.4, 0.5) is 0 Å². The van der Waals surface area contributed by atoms with Gasteiger partial charge in [0.15, 0.2) is 23.0 Å². The van der Waals surface area contributed by atoms with E-state index < -0.39 is 0 Å². The predicted octanol–water partition coefficient (Wildman–Crippen LogP) is 5.16. The highest BCUT2D eigenvalue weighted by atomic mass is 32.2. The van der Waals surface area contributed by atoms with Crippen molar-refractivity contribution >= 4 is 34.2 Å². The van der Waals surface area contributed by atoms with Crippen molar-refractivity contribution in [3.63, 3.8) is 0 Å². The molecule has 0 aliphatic carbocycles. The number of benzene rings is 2. The van der Waals surface area contributed by atoms with E-state index in [2.05, 4.69) is 41.0 Å². The maximum Gasteiger partial charge on any atom is 0.227 e. The Morgan fingerprint density at radius 2 is 1.48 bits per heavy atom. The molecule has 5 rings (SSSR count). The third-order valence-corrected chi connectivity index (χ3v) is 10.9. The smallest absolute Gasteiger partial charge is 0.227 e. The fourth-order valence-corrected chi connectivity index (χ4v) is 8.38. The van der Waals surface area contributed by atoms with Crippen molar-refractivity contribution in [1.29, 1.82) is 0 Å². The van der Waals surface area contributed by atoms with Crippen LogP contribution >= 0.6 is 24.0 Å². The molecule has 42 heavy (non-hydrogen) atoms. The molecule has 4 atom stereocenters. The second kappa shape index (κ2) is 13.3. The van der Waals surface area contributed by atoms with Crippen LogP contribution in [0.5, 0.6) is 23.0 Å². The number of thioether (sulfide) groups is 1. The normalized spacial score (nSPS) is 23.6. The van der Waals surface area contributed by atoms with E-state index in [1.165, 1.54) is 34.0 Å². The molecule has 1 amide bonds. The number of methoxy groups -OCH3 is 4. The molecular formula is C32H43N3O5S2. The summed E-state index contributed by atoms with van der Waals surface area (Å²) in [6.07, 6.45) is 5.00. The maximum atomic E-state index is 11.7. The third kappa shape index (κ3) is 5.90. The van der Waals surface area contributed by atoms with Gasteiger partial charge < -0.3 is 29.6 Å². The number of thiocarbonyl (C=S) groups is 1. The molecule has 3 heterocycles. The number of nitrogens with two attached hydrogens (primary N) is 1. The summed E-state index contributed by atoms with van der Waals surface area (Å²) in [6, 6.07) is 9.04. The monoisotopic (exact) mass is 613 g/mol. The van der Waals surface area contributed by atoms with Crippen LogP contribution < -0.4 is 24.7 Å². The highest BCUT2D eigenvalue weighted by Gasteiger charge is 2.43. The summed E-state index contributed by atoms with van der Waals surface area (Å²) in [4.78, 5) is 16.7. The molecule has 1 fully saturated rings. The molecule has 8 nitrogen and oxygen atoms in total. The number of ether oxygens (including phenoxy) is 4. The van der Waals surface area contributed by atoms with Gasteiger partial charge in [0.25, 0.3) is 0 Å². The topological polar surface area (TPSA) is 86.5 Å². The number of carbonyl (C=O) groups is 1. The summed E-state index contributed by atoms with van der Waals surface area (Å²) in [6.45, 7) is 5.15. The van der Waals surface area contributed by atoms with E-state index in [0.29, 0.717) is 17.9 Å². The average molecular weight is 614 g/mol. The summed E-state index contributed by atoms with van der Waals surface area (Å²) in [5, 5.41) is 0. The van der Waals surface area contributed by atoms with Gasteiger partial charge in [-0.05, 0) is 84.0 Å². The summed E-state index contributed by atoms with van der Waals surface area (Å²) < 4.78 is 23.5. The SMILES string of the molecule is CCC1CN2CCc3cc(OC)c(OC)cc3C2CCC1C1c2cc(OC)c(OC)cc2CCN1C(=S)SCC(N)=O.